The van der Waals surface area contributed by atoms with Gasteiger partial charge >= 0.3 is 5.97 Å². The highest BCUT2D eigenvalue weighted by atomic mass is 16.5. The van der Waals surface area contributed by atoms with Crippen LogP contribution in [-0.4, -0.2) is 37.1 Å². The van der Waals surface area contributed by atoms with Crippen molar-refractivity contribution in [2.75, 3.05) is 20.2 Å². The highest BCUT2D eigenvalue weighted by Gasteiger charge is 2.13. The third kappa shape index (κ3) is 3.56. The lowest BCUT2D eigenvalue weighted by molar-refractivity contribution is -0.135. The average molecular weight is 251 g/mol. The Bertz CT molecular complexity index is 468. The molecule has 1 aromatic carbocycles. The molecule has 0 heterocycles. The number of methoxy groups -OCH3 is 1. The van der Waals surface area contributed by atoms with Gasteiger partial charge in [-0.1, -0.05) is 0 Å². The van der Waals surface area contributed by atoms with E-state index in [1.54, 1.807) is 12.1 Å². The first-order chi connectivity index (χ1) is 8.45. The number of carboxylic acid groups (broad SMARTS) is 1. The lowest BCUT2D eigenvalue weighted by Crippen LogP contribution is -2.28. The number of hydrogen-bond donors (Lipinski definition) is 2. The summed E-state index contributed by atoms with van der Waals surface area (Å²) in [4.78, 5) is 22.3. The largest absolute Gasteiger partial charge is 0.496 e. The van der Waals surface area contributed by atoms with Crippen molar-refractivity contribution >= 4 is 11.8 Å². The summed E-state index contributed by atoms with van der Waals surface area (Å²) in [6, 6.07) is 3.57. The van der Waals surface area contributed by atoms with Crippen LogP contribution < -0.4 is 10.1 Å². The minimum Gasteiger partial charge on any atom is -0.496 e. The molecule has 0 bridgehead atoms. The molecule has 18 heavy (non-hydrogen) atoms. The minimum atomic E-state index is -0.991. The maximum absolute atomic E-state index is 11.9. The van der Waals surface area contributed by atoms with Gasteiger partial charge in [0, 0.05) is 0 Å². The number of carbonyl (C=O) groups is 2. The van der Waals surface area contributed by atoms with Crippen molar-refractivity contribution in [1.82, 2.24) is 5.32 Å². The summed E-state index contributed by atoms with van der Waals surface area (Å²) in [5.41, 5.74) is 2.51. The number of hydrogen-bond acceptors (Lipinski definition) is 4. The molecule has 0 aliphatic carbocycles. The zero-order valence-electron chi connectivity index (χ0n) is 10.7. The van der Waals surface area contributed by atoms with E-state index in [1.807, 2.05) is 13.8 Å². The Morgan fingerprint density at radius 3 is 2.39 bits per heavy atom. The lowest BCUT2D eigenvalue weighted by atomic mass is 10.0. The zero-order valence-corrected chi connectivity index (χ0v) is 10.7. The Kier molecular flexibility index (Phi) is 4.85. The summed E-state index contributed by atoms with van der Waals surface area (Å²) in [5.74, 6) is -0.661. The molecule has 0 spiro atoms. The van der Waals surface area contributed by atoms with E-state index in [2.05, 4.69) is 5.32 Å². The fourth-order valence-electron chi connectivity index (χ4n) is 1.55. The van der Waals surface area contributed by atoms with E-state index in [-0.39, 0.29) is 18.9 Å². The molecule has 98 valence electrons. The van der Waals surface area contributed by atoms with Gasteiger partial charge in [-0.3, -0.25) is 14.9 Å². The van der Waals surface area contributed by atoms with Crippen LogP contribution in [0.5, 0.6) is 5.75 Å². The molecule has 0 aromatic heterocycles. The molecule has 0 aliphatic heterocycles. The van der Waals surface area contributed by atoms with Crippen molar-refractivity contribution < 1.29 is 19.4 Å². The van der Waals surface area contributed by atoms with E-state index in [0.717, 1.165) is 11.1 Å². The van der Waals surface area contributed by atoms with Crippen LogP contribution in [0.3, 0.4) is 0 Å². The van der Waals surface area contributed by atoms with Gasteiger partial charge < -0.3 is 9.84 Å². The normalized spacial score (nSPS) is 10.2. The Labute approximate surface area is 106 Å². The maximum Gasteiger partial charge on any atom is 0.317 e. The van der Waals surface area contributed by atoms with E-state index >= 15 is 0 Å². The molecule has 0 saturated carbocycles. The molecule has 1 rings (SSSR count). The van der Waals surface area contributed by atoms with Crippen molar-refractivity contribution in [2.24, 2.45) is 0 Å². The van der Waals surface area contributed by atoms with E-state index in [4.69, 9.17) is 9.84 Å². The fraction of sp³-hybridized carbons (Fsp3) is 0.385. The van der Waals surface area contributed by atoms with Crippen LogP contribution in [0.2, 0.25) is 0 Å². The second kappa shape index (κ2) is 6.16. The van der Waals surface area contributed by atoms with Gasteiger partial charge in [0.15, 0.2) is 5.78 Å². The molecule has 0 fully saturated rings. The molecule has 0 aliphatic rings. The summed E-state index contributed by atoms with van der Waals surface area (Å²) < 4.78 is 5.16. The second-order valence-corrected chi connectivity index (χ2v) is 4.06. The lowest BCUT2D eigenvalue weighted by Gasteiger charge is -2.11. The van der Waals surface area contributed by atoms with Crippen LogP contribution in [-0.2, 0) is 4.79 Å². The van der Waals surface area contributed by atoms with Crippen molar-refractivity contribution in [3.63, 3.8) is 0 Å². The summed E-state index contributed by atoms with van der Waals surface area (Å²) in [6.45, 7) is 3.59. The van der Waals surface area contributed by atoms with E-state index < -0.39 is 5.97 Å². The number of ether oxygens (including phenoxy) is 1. The monoisotopic (exact) mass is 251 g/mol. The Balaban J connectivity index is 2.84. The molecule has 0 radical (unpaired) electrons. The summed E-state index contributed by atoms with van der Waals surface area (Å²) in [5, 5.41) is 11.0. The van der Waals surface area contributed by atoms with Crippen molar-refractivity contribution in [2.45, 2.75) is 13.8 Å². The topological polar surface area (TPSA) is 75.6 Å². The molecule has 0 saturated heterocycles. The third-order valence-electron chi connectivity index (χ3n) is 2.68. The number of benzene rings is 1. The van der Waals surface area contributed by atoms with E-state index in [9.17, 15) is 9.59 Å². The van der Waals surface area contributed by atoms with Crippen LogP contribution in [0.25, 0.3) is 0 Å². The van der Waals surface area contributed by atoms with E-state index in [1.165, 1.54) is 7.11 Å². The summed E-state index contributed by atoms with van der Waals surface area (Å²) in [6.07, 6.45) is 0. The molecule has 5 heteroatoms. The smallest absolute Gasteiger partial charge is 0.317 e. The third-order valence-corrected chi connectivity index (χ3v) is 2.68. The first-order valence-corrected chi connectivity index (χ1v) is 5.56. The number of nitrogens with one attached hydrogen (secondary N) is 1. The van der Waals surface area contributed by atoms with Gasteiger partial charge in [0.1, 0.15) is 5.75 Å². The number of rotatable bonds is 6. The first-order valence-electron chi connectivity index (χ1n) is 5.56. The number of aryl methyl sites for hydroxylation is 2. The van der Waals surface area contributed by atoms with Gasteiger partial charge in [0.2, 0.25) is 0 Å². The second-order valence-electron chi connectivity index (χ2n) is 4.06. The first kappa shape index (κ1) is 14.2. The predicted molar refractivity (Wildman–Crippen MR) is 67.3 cm³/mol. The van der Waals surface area contributed by atoms with Crippen LogP contribution in [0.4, 0.5) is 0 Å². The highest BCUT2D eigenvalue weighted by molar-refractivity contribution is 6.00. The quantitative estimate of drug-likeness (QED) is 0.742. The van der Waals surface area contributed by atoms with Crippen molar-refractivity contribution in [3.8, 4) is 5.75 Å². The molecule has 0 atom stereocenters. The number of ketones is 1. The minimum absolute atomic E-state index is 0.0227. The highest BCUT2D eigenvalue weighted by Crippen LogP contribution is 2.23. The van der Waals surface area contributed by atoms with Gasteiger partial charge in [0.05, 0.1) is 25.8 Å². The Morgan fingerprint density at radius 2 is 1.83 bits per heavy atom. The Morgan fingerprint density at radius 1 is 1.22 bits per heavy atom. The van der Waals surface area contributed by atoms with Gasteiger partial charge in [-0.25, -0.2) is 0 Å². The molecule has 1 aromatic rings. The summed E-state index contributed by atoms with van der Waals surface area (Å²) >= 11 is 0. The number of carboxylic acids is 1. The molecule has 0 amide bonds. The van der Waals surface area contributed by atoms with Crippen LogP contribution in [0.1, 0.15) is 21.5 Å². The van der Waals surface area contributed by atoms with Gasteiger partial charge in [-0.05, 0) is 37.1 Å². The van der Waals surface area contributed by atoms with Gasteiger partial charge in [0.25, 0.3) is 0 Å². The molecule has 0 unspecified atom stereocenters. The van der Waals surface area contributed by atoms with Crippen molar-refractivity contribution in [1.29, 1.82) is 0 Å². The number of aliphatic carboxylic acids is 1. The fourth-order valence-corrected chi connectivity index (χ4v) is 1.55. The number of carbonyl (C=O) groups excluding carboxylic acids is 1. The van der Waals surface area contributed by atoms with E-state index in [0.29, 0.717) is 11.3 Å². The van der Waals surface area contributed by atoms with Gasteiger partial charge in [-0.2, -0.15) is 0 Å². The summed E-state index contributed by atoms with van der Waals surface area (Å²) in [7, 11) is 1.51. The van der Waals surface area contributed by atoms with Crippen molar-refractivity contribution in [3.05, 3.63) is 28.8 Å². The molecule has 5 nitrogen and oxygen atoms in total. The van der Waals surface area contributed by atoms with Crippen LogP contribution in [0.15, 0.2) is 12.1 Å². The molecular formula is C13H17NO4. The maximum atomic E-state index is 11.9. The SMILES string of the molecule is COc1cc(C)c(C)cc1C(=O)CNCC(=O)O. The number of Topliss-reactive ketones (excluding diaryl/α,β-unsaturated/α-hetero) is 1. The van der Waals surface area contributed by atoms with Crippen LogP contribution in [0, 0.1) is 13.8 Å². The zero-order chi connectivity index (χ0) is 13.7. The standard InChI is InChI=1S/C13H17NO4/c1-8-4-10(12(18-3)5-9(8)2)11(15)6-14-7-13(16)17/h4-5,14H,6-7H2,1-3H3,(H,16,17). The Hall–Kier alpha value is -1.88. The molecular weight excluding hydrogens is 234 g/mol. The predicted octanol–water partition coefficient (Wildman–Crippen LogP) is 1.17. The van der Waals surface area contributed by atoms with Crippen LogP contribution >= 0.6 is 0 Å². The molecule has 2 N–H and O–H groups in total. The average Bonchev–Trinajstić information content (AvgIpc) is 2.31. The van der Waals surface area contributed by atoms with Gasteiger partial charge in [-0.15, -0.1) is 0 Å².